The van der Waals surface area contributed by atoms with E-state index >= 15 is 0 Å². The summed E-state index contributed by atoms with van der Waals surface area (Å²) in [6.45, 7) is 7.27. The Bertz CT molecular complexity index is 1750. The van der Waals surface area contributed by atoms with Crippen LogP contribution in [0.15, 0.2) is 0 Å². The molecule has 0 aromatic rings. The van der Waals surface area contributed by atoms with Gasteiger partial charge in [0.25, 0.3) is 0 Å². The SMILES string of the molecule is CCCCCCCCCCCCCCCCCC(=O)OC[C@H](COP(=O)(O)OC[C@@H](O)COP(=O)(O)OC[C@@H](COC(=O)CCCCCCCCCCCC)OC(=O)CCCCCCCCCCCC)OC(=O)CCCCCCCCCCCCCCCC(C)C. The maximum Gasteiger partial charge on any atom is 0.472 e. The molecule has 0 amide bonds. The maximum absolute atomic E-state index is 13.0. The van der Waals surface area contributed by atoms with Gasteiger partial charge >= 0.3 is 39.5 Å². The lowest BCUT2D eigenvalue weighted by molar-refractivity contribution is -0.161. The summed E-state index contributed by atoms with van der Waals surface area (Å²) < 4.78 is 68.3. The number of aliphatic hydroxyl groups is 1. The van der Waals surface area contributed by atoms with Gasteiger partial charge in [0.2, 0.25) is 0 Å². The normalized spacial score (nSPS) is 14.0. The van der Waals surface area contributed by atoms with Gasteiger partial charge in [-0.3, -0.25) is 37.3 Å². The number of hydrogen-bond donors (Lipinski definition) is 3. The third kappa shape index (κ3) is 66.5. The molecule has 0 fully saturated rings. The molecule has 0 aromatic carbocycles. The van der Waals surface area contributed by atoms with Crippen molar-refractivity contribution in [1.29, 1.82) is 0 Å². The standard InChI is InChI=1S/C72H140O17P2/c1-6-9-12-15-18-21-24-25-26-29-32-37-41-46-51-56-70(75)83-62-68(89-72(77)58-53-48-43-38-33-30-27-28-31-34-39-44-49-54-65(4)5)64-87-91(80,81)85-60-66(73)59-84-90(78,79)86-63-67(88-71(76)57-52-47-42-36-23-20-17-14-11-8-3)61-82-69(74)55-50-45-40-35-22-19-16-13-10-7-2/h65-68,73H,6-64H2,1-5H3,(H,78,79)(H,80,81)/t66-,67+,68+/m0/s1. The van der Waals surface area contributed by atoms with Crippen LogP contribution in [0.3, 0.4) is 0 Å². The average molecular weight is 1340 g/mol. The van der Waals surface area contributed by atoms with Crippen molar-refractivity contribution in [2.45, 2.75) is 393 Å². The number of phosphoric acid groups is 2. The zero-order chi connectivity index (χ0) is 67.0. The van der Waals surface area contributed by atoms with Gasteiger partial charge in [0.05, 0.1) is 26.4 Å². The van der Waals surface area contributed by atoms with Gasteiger partial charge < -0.3 is 33.8 Å². The second-order valence-electron chi connectivity index (χ2n) is 26.5. The summed E-state index contributed by atoms with van der Waals surface area (Å²) in [6, 6.07) is 0. The molecule has 540 valence electrons. The summed E-state index contributed by atoms with van der Waals surface area (Å²) in [7, 11) is -9.90. The van der Waals surface area contributed by atoms with Crippen molar-refractivity contribution < 1.29 is 80.2 Å². The lowest BCUT2D eigenvalue weighted by Gasteiger charge is -2.21. The van der Waals surface area contributed by atoms with Gasteiger partial charge in [-0.2, -0.15) is 0 Å². The average Bonchev–Trinajstić information content (AvgIpc) is 3.71. The molecule has 0 heterocycles. The maximum atomic E-state index is 13.0. The van der Waals surface area contributed by atoms with E-state index in [1.807, 2.05) is 0 Å². The largest absolute Gasteiger partial charge is 0.472 e. The Balaban J connectivity index is 5.23. The molecule has 91 heavy (non-hydrogen) atoms. The number of esters is 4. The van der Waals surface area contributed by atoms with Crippen LogP contribution in [0.4, 0.5) is 0 Å². The van der Waals surface area contributed by atoms with Gasteiger partial charge in [-0.25, -0.2) is 9.13 Å². The highest BCUT2D eigenvalue weighted by atomic mass is 31.2. The van der Waals surface area contributed by atoms with E-state index in [9.17, 15) is 43.2 Å². The monoisotopic (exact) mass is 1340 g/mol. The van der Waals surface area contributed by atoms with Crippen molar-refractivity contribution in [1.82, 2.24) is 0 Å². The van der Waals surface area contributed by atoms with Gasteiger partial charge in [-0.1, -0.05) is 324 Å². The van der Waals surface area contributed by atoms with Gasteiger partial charge in [-0.05, 0) is 31.6 Å². The number of phosphoric ester groups is 2. The Labute approximate surface area is 556 Å². The Morgan fingerprint density at radius 1 is 0.297 bits per heavy atom. The summed E-state index contributed by atoms with van der Waals surface area (Å²) in [4.78, 5) is 72.6. The van der Waals surface area contributed by atoms with Crippen molar-refractivity contribution >= 4 is 39.5 Å². The molecule has 0 aliphatic heterocycles. The highest BCUT2D eigenvalue weighted by Crippen LogP contribution is 2.45. The number of carbonyl (C=O) groups is 4. The van der Waals surface area contributed by atoms with Crippen LogP contribution in [0, 0.1) is 5.92 Å². The molecule has 0 aliphatic rings. The lowest BCUT2D eigenvalue weighted by Crippen LogP contribution is -2.30. The summed E-state index contributed by atoms with van der Waals surface area (Å²) in [5, 5.41) is 10.6. The molecule has 0 saturated carbocycles. The Morgan fingerprint density at radius 3 is 0.747 bits per heavy atom. The molecule has 0 radical (unpaired) electrons. The van der Waals surface area contributed by atoms with E-state index in [1.165, 1.54) is 199 Å². The molecule has 0 aromatic heterocycles. The molecule has 2 unspecified atom stereocenters. The number of aliphatic hydroxyl groups excluding tert-OH is 1. The first kappa shape index (κ1) is 89.1. The van der Waals surface area contributed by atoms with E-state index in [-0.39, 0.29) is 25.7 Å². The molecule has 5 atom stereocenters. The molecular weight excluding hydrogens is 1200 g/mol. The third-order valence-electron chi connectivity index (χ3n) is 16.8. The molecule has 0 spiro atoms. The van der Waals surface area contributed by atoms with Crippen LogP contribution >= 0.6 is 15.6 Å². The topological polar surface area (TPSA) is 237 Å². The van der Waals surface area contributed by atoms with Crippen molar-refractivity contribution in [3.05, 3.63) is 0 Å². The van der Waals surface area contributed by atoms with Crippen LogP contribution in [-0.2, 0) is 65.4 Å². The second kappa shape index (κ2) is 65.4. The van der Waals surface area contributed by atoms with Crippen molar-refractivity contribution in [3.63, 3.8) is 0 Å². The molecule has 0 aliphatic carbocycles. The van der Waals surface area contributed by atoms with Gasteiger partial charge in [0, 0.05) is 25.7 Å². The lowest BCUT2D eigenvalue weighted by atomic mass is 10.0. The first-order valence-electron chi connectivity index (χ1n) is 37.6. The smallest absolute Gasteiger partial charge is 0.462 e. The predicted molar refractivity (Wildman–Crippen MR) is 368 cm³/mol. The van der Waals surface area contributed by atoms with E-state index in [0.717, 1.165) is 95.8 Å². The van der Waals surface area contributed by atoms with Crippen LogP contribution in [0.1, 0.15) is 375 Å². The first-order valence-corrected chi connectivity index (χ1v) is 40.6. The molecule has 0 rings (SSSR count). The van der Waals surface area contributed by atoms with Gasteiger partial charge in [-0.15, -0.1) is 0 Å². The van der Waals surface area contributed by atoms with Gasteiger partial charge in [0.1, 0.15) is 19.3 Å². The minimum atomic E-state index is -4.95. The fourth-order valence-corrected chi connectivity index (χ4v) is 12.6. The number of ether oxygens (including phenoxy) is 4. The summed E-state index contributed by atoms with van der Waals surface area (Å²) >= 11 is 0. The Kier molecular flexibility index (Phi) is 64.0. The predicted octanol–water partition coefficient (Wildman–Crippen LogP) is 20.9. The van der Waals surface area contributed by atoms with E-state index in [1.54, 1.807) is 0 Å². The first-order chi connectivity index (χ1) is 44.0. The molecule has 0 saturated heterocycles. The van der Waals surface area contributed by atoms with E-state index < -0.39 is 97.5 Å². The van der Waals surface area contributed by atoms with E-state index in [2.05, 4.69) is 34.6 Å². The summed E-state index contributed by atoms with van der Waals surface area (Å²) in [5.41, 5.74) is 0. The van der Waals surface area contributed by atoms with Crippen LogP contribution in [0.2, 0.25) is 0 Å². The van der Waals surface area contributed by atoms with Crippen LogP contribution in [-0.4, -0.2) is 96.7 Å². The zero-order valence-electron chi connectivity index (χ0n) is 59.0. The molecule has 3 N–H and O–H groups in total. The minimum absolute atomic E-state index is 0.107. The third-order valence-corrected chi connectivity index (χ3v) is 18.7. The molecule has 17 nitrogen and oxygen atoms in total. The highest BCUT2D eigenvalue weighted by molar-refractivity contribution is 7.47. The van der Waals surface area contributed by atoms with Crippen molar-refractivity contribution in [3.8, 4) is 0 Å². The number of hydrogen-bond acceptors (Lipinski definition) is 15. The number of unbranched alkanes of at least 4 members (excludes halogenated alkanes) is 44. The zero-order valence-corrected chi connectivity index (χ0v) is 60.8. The number of rotatable bonds is 72. The van der Waals surface area contributed by atoms with Gasteiger partial charge in [0.15, 0.2) is 12.2 Å². The Morgan fingerprint density at radius 2 is 0.505 bits per heavy atom. The fourth-order valence-electron chi connectivity index (χ4n) is 11.0. The summed E-state index contributed by atoms with van der Waals surface area (Å²) in [6.07, 6.45) is 52.6. The Hall–Kier alpha value is -1.94. The highest BCUT2D eigenvalue weighted by Gasteiger charge is 2.30. The molecule has 0 bridgehead atoms. The van der Waals surface area contributed by atoms with Crippen LogP contribution in [0.5, 0.6) is 0 Å². The molecular formula is C72H140O17P2. The van der Waals surface area contributed by atoms with E-state index in [0.29, 0.717) is 25.7 Å². The van der Waals surface area contributed by atoms with Crippen LogP contribution in [0.25, 0.3) is 0 Å². The minimum Gasteiger partial charge on any atom is -0.462 e. The number of carbonyl (C=O) groups excluding carboxylic acids is 4. The quantitative estimate of drug-likeness (QED) is 0.0222. The van der Waals surface area contributed by atoms with Crippen molar-refractivity contribution in [2.75, 3.05) is 39.6 Å². The van der Waals surface area contributed by atoms with Crippen LogP contribution < -0.4 is 0 Å². The van der Waals surface area contributed by atoms with Crippen molar-refractivity contribution in [2.24, 2.45) is 5.92 Å². The fraction of sp³-hybridized carbons (Fsp3) is 0.944. The summed E-state index contributed by atoms with van der Waals surface area (Å²) in [5.74, 6) is -1.33. The second-order valence-corrected chi connectivity index (χ2v) is 29.4. The van der Waals surface area contributed by atoms with E-state index in [4.69, 9.17) is 37.0 Å². The molecule has 19 heteroatoms.